The predicted octanol–water partition coefficient (Wildman–Crippen LogP) is 2.99. The van der Waals surface area contributed by atoms with Crippen LogP contribution in [-0.4, -0.2) is 27.8 Å². The highest BCUT2D eigenvalue weighted by Gasteiger charge is 2.21. The minimum absolute atomic E-state index is 0.444. The zero-order valence-corrected chi connectivity index (χ0v) is 12.4. The fourth-order valence-electron chi connectivity index (χ4n) is 2.56. The molecule has 1 atom stereocenters. The van der Waals surface area contributed by atoms with Crippen LogP contribution in [0.15, 0.2) is 12.3 Å². The Morgan fingerprint density at radius 2 is 2.28 bits per heavy atom. The third-order valence-corrected chi connectivity index (χ3v) is 4.69. The van der Waals surface area contributed by atoms with Crippen LogP contribution in [0.5, 0.6) is 0 Å². The summed E-state index contributed by atoms with van der Waals surface area (Å²) in [5.41, 5.74) is 1.21. The van der Waals surface area contributed by atoms with E-state index in [1.54, 1.807) is 0 Å². The van der Waals surface area contributed by atoms with Gasteiger partial charge in [-0.1, -0.05) is 6.92 Å². The maximum atomic E-state index is 4.58. The minimum atomic E-state index is 0.444. The Kier molecular flexibility index (Phi) is 5.57. The van der Waals surface area contributed by atoms with Crippen LogP contribution in [0.4, 0.5) is 0 Å². The maximum absolute atomic E-state index is 4.58. The first-order valence-electron chi connectivity index (χ1n) is 7.10. The molecule has 18 heavy (non-hydrogen) atoms. The SMILES string of the molecule is CCCNC(CC1CCSCC1)c1ccn(C)n1. The summed E-state index contributed by atoms with van der Waals surface area (Å²) < 4.78 is 1.91. The van der Waals surface area contributed by atoms with Gasteiger partial charge in [0.05, 0.1) is 11.7 Å². The average molecular weight is 267 g/mol. The summed E-state index contributed by atoms with van der Waals surface area (Å²) in [6.07, 6.45) is 7.23. The summed E-state index contributed by atoms with van der Waals surface area (Å²) in [6, 6.07) is 2.60. The summed E-state index contributed by atoms with van der Waals surface area (Å²) >= 11 is 2.10. The molecule has 1 saturated heterocycles. The van der Waals surface area contributed by atoms with Crippen molar-refractivity contribution in [3.8, 4) is 0 Å². The molecule has 0 aromatic carbocycles. The monoisotopic (exact) mass is 267 g/mol. The Hall–Kier alpha value is -0.480. The number of aromatic nitrogens is 2. The lowest BCUT2D eigenvalue weighted by atomic mass is 9.93. The molecule has 102 valence electrons. The first-order valence-corrected chi connectivity index (χ1v) is 8.25. The quantitative estimate of drug-likeness (QED) is 0.859. The van der Waals surface area contributed by atoms with Crippen LogP contribution in [0, 0.1) is 5.92 Å². The van der Waals surface area contributed by atoms with Crippen LogP contribution >= 0.6 is 11.8 Å². The predicted molar refractivity (Wildman–Crippen MR) is 78.9 cm³/mol. The highest BCUT2D eigenvalue weighted by molar-refractivity contribution is 7.99. The van der Waals surface area contributed by atoms with E-state index >= 15 is 0 Å². The van der Waals surface area contributed by atoms with Gasteiger partial charge in [-0.05, 0) is 55.7 Å². The highest BCUT2D eigenvalue weighted by Crippen LogP contribution is 2.30. The van der Waals surface area contributed by atoms with Crippen molar-refractivity contribution in [3.63, 3.8) is 0 Å². The Balaban J connectivity index is 1.95. The Bertz CT molecular complexity index is 345. The zero-order chi connectivity index (χ0) is 12.8. The van der Waals surface area contributed by atoms with Crippen LogP contribution < -0.4 is 5.32 Å². The van der Waals surface area contributed by atoms with E-state index in [2.05, 4.69) is 35.2 Å². The number of aryl methyl sites for hydroxylation is 1. The van der Waals surface area contributed by atoms with E-state index < -0.39 is 0 Å². The molecule has 2 rings (SSSR count). The first kappa shape index (κ1) is 13.9. The van der Waals surface area contributed by atoms with Crippen molar-refractivity contribution in [3.05, 3.63) is 18.0 Å². The number of hydrogen-bond acceptors (Lipinski definition) is 3. The molecule has 1 aromatic rings. The molecule has 3 nitrogen and oxygen atoms in total. The van der Waals surface area contributed by atoms with Crippen molar-refractivity contribution in [1.82, 2.24) is 15.1 Å². The van der Waals surface area contributed by atoms with E-state index in [9.17, 15) is 0 Å². The van der Waals surface area contributed by atoms with E-state index in [0.717, 1.165) is 12.5 Å². The largest absolute Gasteiger partial charge is 0.309 e. The van der Waals surface area contributed by atoms with Gasteiger partial charge in [0.15, 0.2) is 0 Å². The van der Waals surface area contributed by atoms with Gasteiger partial charge in [-0.3, -0.25) is 4.68 Å². The van der Waals surface area contributed by atoms with Crippen molar-refractivity contribution < 1.29 is 0 Å². The second-order valence-electron chi connectivity index (χ2n) is 5.21. The van der Waals surface area contributed by atoms with Gasteiger partial charge in [-0.25, -0.2) is 0 Å². The normalized spacial score (nSPS) is 19.0. The second-order valence-corrected chi connectivity index (χ2v) is 6.44. The van der Waals surface area contributed by atoms with E-state index in [-0.39, 0.29) is 0 Å². The van der Waals surface area contributed by atoms with Crippen LogP contribution in [0.1, 0.15) is 44.3 Å². The summed E-state index contributed by atoms with van der Waals surface area (Å²) in [7, 11) is 2.00. The van der Waals surface area contributed by atoms with Crippen molar-refractivity contribution >= 4 is 11.8 Å². The standard InChI is InChI=1S/C14H25N3S/c1-3-7-15-14(13-4-8-17(2)16-13)11-12-5-9-18-10-6-12/h4,8,12,14-15H,3,5-7,9-11H2,1-2H3. The zero-order valence-electron chi connectivity index (χ0n) is 11.6. The molecule has 4 heteroatoms. The maximum Gasteiger partial charge on any atom is 0.0793 e. The molecule has 0 bridgehead atoms. The first-order chi connectivity index (χ1) is 8.79. The van der Waals surface area contributed by atoms with Gasteiger partial charge in [0.25, 0.3) is 0 Å². The van der Waals surface area contributed by atoms with Crippen LogP contribution in [0.25, 0.3) is 0 Å². The fourth-order valence-corrected chi connectivity index (χ4v) is 3.77. The van der Waals surface area contributed by atoms with Crippen molar-refractivity contribution in [2.75, 3.05) is 18.1 Å². The molecule has 1 aromatic heterocycles. The van der Waals surface area contributed by atoms with E-state index in [1.165, 1.54) is 42.9 Å². The van der Waals surface area contributed by atoms with Crippen LogP contribution in [0.2, 0.25) is 0 Å². The molecule has 0 radical (unpaired) electrons. The molecule has 1 aliphatic heterocycles. The molecule has 1 N–H and O–H groups in total. The molecule has 0 saturated carbocycles. The molecule has 0 spiro atoms. The van der Waals surface area contributed by atoms with E-state index in [4.69, 9.17) is 0 Å². The van der Waals surface area contributed by atoms with Gasteiger partial charge < -0.3 is 5.32 Å². The molecule has 1 unspecified atom stereocenters. The Morgan fingerprint density at radius 3 is 2.89 bits per heavy atom. The summed E-state index contributed by atoms with van der Waals surface area (Å²) in [5.74, 6) is 3.56. The molecular weight excluding hydrogens is 242 g/mol. The average Bonchev–Trinajstić information content (AvgIpc) is 2.82. The summed E-state index contributed by atoms with van der Waals surface area (Å²) in [4.78, 5) is 0. The second kappa shape index (κ2) is 7.19. The van der Waals surface area contributed by atoms with E-state index in [0.29, 0.717) is 6.04 Å². The van der Waals surface area contributed by atoms with Gasteiger partial charge in [-0.2, -0.15) is 16.9 Å². The molecule has 1 aliphatic rings. The van der Waals surface area contributed by atoms with Gasteiger partial charge in [-0.15, -0.1) is 0 Å². The van der Waals surface area contributed by atoms with Crippen LogP contribution in [0.3, 0.4) is 0 Å². The van der Waals surface area contributed by atoms with Crippen LogP contribution in [-0.2, 0) is 7.05 Å². The number of thioether (sulfide) groups is 1. The number of rotatable bonds is 6. The lowest BCUT2D eigenvalue weighted by Gasteiger charge is -2.26. The van der Waals surface area contributed by atoms with Crippen molar-refractivity contribution in [2.24, 2.45) is 13.0 Å². The number of nitrogens with zero attached hydrogens (tertiary/aromatic N) is 2. The topological polar surface area (TPSA) is 29.9 Å². The molecule has 0 aliphatic carbocycles. The Morgan fingerprint density at radius 1 is 1.50 bits per heavy atom. The molecular formula is C14H25N3S. The third kappa shape index (κ3) is 4.02. The lowest BCUT2D eigenvalue weighted by molar-refractivity contribution is 0.364. The lowest BCUT2D eigenvalue weighted by Crippen LogP contribution is -2.26. The summed E-state index contributed by atoms with van der Waals surface area (Å²) in [6.45, 7) is 3.31. The Labute approximate surface area is 115 Å². The minimum Gasteiger partial charge on any atom is -0.309 e. The van der Waals surface area contributed by atoms with Gasteiger partial charge in [0.2, 0.25) is 0 Å². The smallest absolute Gasteiger partial charge is 0.0793 e. The fraction of sp³-hybridized carbons (Fsp3) is 0.786. The molecule has 2 heterocycles. The van der Waals surface area contributed by atoms with Crippen molar-refractivity contribution in [2.45, 2.75) is 38.6 Å². The van der Waals surface area contributed by atoms with Gasteiger partial charge in [0.1, 0.15) is 0 Å². The highest BCUT2D eigenvalue weighted by atomic mass is 32.2. The third-order valence-electron chi connectivity index (χ3n) is 3.64. The van der Waals surface area contributed by atoms with Gasteiger partial charge in [0, 0.05) is 13.2 Å². The van der Waals surface area contributed by atoms with Gasteiger partial charge >= 0.3 is 0 Å². The van der Waals surface area contributed by atoms with E-state index in [1.807, 2.05) is 17.9 Å². The molecule has 0 amide bonds. The number of hydrogen-bond donors (Lipinski definition) is 1. The summed E-state index contributed by atoms with van der Waals surface area (Å²) in [5, 5.41) is 8.24. The molecule has 1 fully saturated rings. The van der Waals surface area contributed by atoms with Crippen molar-refractivity contribution in [1.29, 1.82) is 0 Å². The number of nitrogens with one attached hydrogen (secondary N) is 1.